The highest BCUT2D eigenvalue weighted by Crippen LogP contribution is 2.16. The van der Waals surface area contributed by atoms with Gasteiger partial charge in [0.1, 0.15) is 6.10 Å². The lowest BCUT2D eigenvalue weighted by Gasteiger charge is -2.37. The predicted octanol–water partition coefficient (Wildman–Crippen LogP) is 0.558. The standard InChI is InChI=1S/C17H32N4O3/c1-14(2)13-23-12-6-19-17(18-3)21-9-7-20(8-10-21)16(22)15-5-4-11-24-15/h14-15H,4-13H2,1-3H3,(H,18,19). The van der Waals surface area contributed by atoms with Gasteiger partial charge < -0.3 is 24.6 Å². The summed E-state index contributed by atoms with van der Waals surface area (Å²) in [6, 6.07) is 0. The van der Waals surface area contributed by atoms with Crippen LogP contribution in [0.25, 0.3) is 0 Å². The summed E-state index contributed by atoms with van der Waals surface area (Å²) in [4.78, 5) is 20.8. The molecule has 1 atom stereocenters. The second-order valence-corrected chi connectivity index (χ2v) is 6.76. The van der Waals surface area contributed by atoms with E-state index in [0.29, 0.717) is 19.1 Å². The topological polar surface area (TPSA) is 66.4 Å². The van der Waals surface area contributed by atoms with Crippen LogP contribution in [0.4, 0.5) is 0 Å². The number of rotatable bonds is 6. The summed E-state index contributed by atoms with van der Waals surface area (Å²) in [5.74, 6) is 1.59. The molecule has 2 aliphatic rings. The molecule has 0 aromatic carbocycles. The number of piperazine rings is 1. The van der Waals surface area contributed by atoms with Crippen molar-refractivity contribution in [3.63, 3.8) is 0 Å². The van der Waals surface area contributed by atoms with Crippen LogP contribution in [0.5, 0.6) is 0 Å². The van der Waals surface area contributed by atoms with Gasteiger partial charge in [-0.05, 0) is 18.8 Å². The van der Waals surface area contributed by atoms with Gasteiger partial charge in [0.05, 0.1) is 6.61 Å². The van der Waals surface area contributed by atoms with E-state index in [2.05, 4.69) is 29.1 Å². The van der Waals surface area contributed by atoms with E-state index in [9.17, 15) is 4.79 Å². The maximum absolute atomic E-state index is 12.4. The Hall–Kier alpha value is -1.34. The zero-order valence-corrected chi connectivity index (χ0v) is 15.3. The number of nitrogens with zero attached hydrogens (tertiary/aromatic N) is 3. The van der Waals surface area contributed by atoms with Gasteiger partial charge in [-0.2, -0.15) is 0 Å². The molecule has 7 nitrogen and oxygen atoms in total. The molecule has 24 heavy (non-hydrogen) atoms. The Balaban J connectivity index is 1.68. The molecule has 0 aromatic rings. The second-order valence-electron chi connectivity index (χ2n) is 6.76. The molecule has 138 valence electrons. The number of aliphatic imine (C=N–C) groups is 1. The van der Waals surface area contributed by atoms with Crippen LogP contribution in [0, 0.1) is 5.92 Å². The van der Waals surface area contributed by atoms with Crippen LogP contribution in [0.15, 0.2) is 4.99 Å². The van der Waals surface area contributed by atoms with Gasteiger partial charge in [0.15, 0.2) is 5.96 Å². The summed E-state index contributed by atoms with van der Waals surface area (Å²) in [6.45, 7) is 10.2. The molecule has 2 fully saturated rings. The molecule has 1 N–H and O–H groups in total. The lowest BCUT2D eigenvalue weighted by molar-refractivity contribution is -0.142. The maximum Gasteiger partial charge on any atom is 0.251 e. The maximum atomic E-state index is 12.4. The Bertz CT molecular complexity index is 414. The number of guanidine groups is 1. The first kappa shape index (κ1) is 19.0. The van der Waals surface area contributed by atoms with Crippen molar-refractivity contribution < 1.29 is 14.3 Å². The molecule has 0 spiro atoms. The van der Waals surface area contributed by atoms with Crippen molar-refractivity contribution in [2.24, 2.45) is 10.9 Å². The summed E-state index contributed by atoms with van der Waals surface area (Å²) in [5.41, 5.74) is 0. The zero-order chi connectivity index (χ0) is 17.4. The summed E-state index contributed by atoms with van der Waals surface area (Å²) in [5, 5.41) is 3.33. The van der Waals surface area contributed by atoms with Gasteiger partial charge in [-0.1, -0.05) is 13.8 Å². The van der Waals surface area contributed by atoms with Crippen molar-refractivity contribution in [3.8, 4) is 0 Å². The highest BCUT2D eigenvalue weighted by molar-refractivity contribution is 5.82. The van der Waals surface area contributed by atoms with E-state index in [-0.39, 0.29) is 12.0 Å². The smallest absolute Gasteiger partial charge is 0.251 e. The number of nitrogens with one attached hydrogen (secondary N) is 1. The Labute approximate surface area is 145 Å². The minimum Gasteiger partial charge on any atom is -0.379 e. The van der Waals surface area contributed by atoms with Crippen molar-refractivity contribution in [1.29, 1.82) is 0 Å². The normalized spacial score (nSPS) is 22.3. The number of hydrogen-bond donors (Lipinski definition) is 1. The van der Waals surface area contributed by atoms with Crippen LogP contribution in [-0.2, 0) is 14.3 Å². The van der Waals surface area contributed by atoms with Gasteiger partial charge in [-0.15, -0.1) is 0 Å². The highest BCUT2D eigenvalue weighted by Gasteiger charge is 2.30. The quantitative estimate of drug-likeness (QED) is 0.435. The molecule has 2 saturated heterocycles. The fraction of sp³-hybridized carbons (Fsp3) is 0.882. The molecule has 0 aliphatic carbocycles. The van der Waals surface area contributed by atoms with Crippen molar-refractivity contribution >= 4 is 11.9 Å². The molecule has 0 radical (unpaired) electrons. The Kier molecular flexibility index (Phi) is 7.78. The van der Waals surface area contributed by atoms with Crippen LogP contribution < -0.4 is 5.32 Å². The van der Waals surface area contributed by atoms with Crippen molar-refractivity contribution in [2.45, 2.75) is 32.8 Å². The SMILES string of the molecule is CN=C(NCCOCC(C)C)N1CCN(C(=O)C2CCCO2)CC1. The molecular formula is C17H32N4O3. The lowest BCUT2D eigenvalue weighted by atomic mass is 10.2. The first-order valence-electron chi connectivity index (χ1n) is 9.05. The molecule has 2 heterocycles. The minimum atomic E-state index is -0.216. The van der Waals surface area contributed by atoms with E-state index >= 15 is 0 Å². The highest BCUT2D eigenvalue weighted by atomic mass is 16.5. The number of carbonyl (C=O) groups excluding carboxylic acids is 1. The van der Waals surface area contributed by atoms with E-state index in [1.54, 1.807) is 7.05 Å². The van der Waals surface area contributed by atoms with Gasteiger partial charge in [-0.25, -0.2) is 0 Å². The fourth-order valence-electron chi connectivity index (χ4n) is 3.00. The largest absolute Gasteiger partial charge is 0.379 e. The summed E-state index contributed by atoms with van der Waals surface area (Å²) < 4.78 is 11.1. The third-order valence-corrected chi connectivity index (χ3v) is 4.29. The van der Waals surface area contributed by atoms with Crippen LogP contribution in [0.3, 0.4) is 0 Å². The van der Waals surface area contributed by atoms with Crippen LogP contribution in [-0.4, -0.2) is 87.4 Å². The summed E-state index contributed by atoms with van der Waals surface area (Å²) in [6.07, 6.45) is 1.64. The molecule has 0 bridgehead atoms. The molecule has 0 saturated carbocycles. The Morgan fingerprint density at radius 3 is 2.58 bits per heavy atom. The zero-order valence-electron chi connectivity index (χ0n) is 15.3. The second kappa shape index (κ2) is 9.84. The predicted molar refractivity (Wildman–Crippen MR) is 94.1 cm³/mol. The van der Waals surface area contributed by atoms with Crippen LogP contribution >= 0.6 is 0 Å². The molecule has 2 aliphatic heterocycles. The van der Waals surface area contributed by atoms with Crippen LogP contribution in [0.1, 0.15) is 26.7 Å². The van der Waals surface area contributed by atoms with Gasteiger partial charge in [0.2, 0.25) is 0 Å². The average molecular weight is 340 g/mol. The van der Waals surface area contributed by atoms with E-state index in [1.807, 2.05) is 4.90 Å². The molecular weight excluding hydrogens is 308 g/mol. The first-order chi connectivity index (χ1) is 11.6. The molecule has 7 heteroatoms. The fourth-order valence-corrected chi connectivity index (χ4v) is 3.00. The molecule has 2 rings (SSSR count). The van der Waals surface area contributed by atoms with Crippen LogP contribution in [0.2, 0.25) is 0 Å². The molecule has 1 amide bonds. The minimum absolute atomic E-state index is 0.150. The molecule has 0 aromatic heterocycles. The Morgan fingerprint density at radius 2 is 2.00 bits per heavy atom. The van der Waals surface area contributed by atoms with E-state index in [1.165, 1.54) is 0 Å². The van der Waals surface area contributed by atoms with Gasteiger partial charge in [-0.3, -0.25) is 9.79 Å². The number of amides is 1. The van der Waals surface area contributed by atoms with Crippen molar-refractivity contribution in [3.05, 3.63) is 0 Å². The Morgan fingerprint density at radius 1 is 1.29 bits per heavy atom. The van der Waals surface area contributed by atoms with Crippen molar-refractivity contribution in [1.82, 2.24) is 15.1 Å². The molecule has 1 unspecified atom stereocenters. The number of carbonyl (C=O) groups is 1. The van der Waals surface area contributed by atoms with E-state index < -0.39 is 0 Å². The van der Waals surface area contributed by atoms with E-state index in [4.69, 9.17) is 9.47 Å². The van der Waals surface area contributed by atoms with Gasteiger partial charge in [0.25, 0.3) is 5.91 Å². The number of hydrogen-bond acceptors (Lipinski definition) is 4. The summed E-state index contributed by atoms with van der Waals surface area (Å²) in [7, 11) is 1.79. The van der Waals surface area contributed by atoms with Gasteiger partial charge >= 0.3 is 0 Å². The van der Waals surface area contributed by atoms with Crippen molar-refractivity contribution in [2.75, 3.05) is 59.6 Å². The van der Waals surface area contributed by atoms with E-state index in [0.717, 1.165) is 58.1 Å². The average Bonchev–Trinajstić information content (AvgIpc) is 3.12. The number of ether oxygens (including phenoxy) is 2. The van der Waals surface area contributed by atoms with Gasteiger partial charge in [0, 0.05) is 53.0 Å². The third-order valence-electron chi connectivity index (χ3n) is 4.29. The lowest BCUT2D eigenvalue weighted by Crippen LogP contribution is -2.55. The first-order valence-corrected chi connectivity index (χ1v) is 9.05. The summed E-state index contributed by atoms with van der Waals surface area (Å²) >= 11 is 0. The monoisotopic (exact) mass is 340 g/mol. The third kappa shape index (κ3) is 5.63.